The average molecular weight is 353 g/mol. The van der Waals surface area contributed by atoms with Gasteiger partial charge in [-0.25, -0.2) is 4.98 Å². The molecular formula is C19H19N3O2S. The number of imidazole rings is 1. The van der Waals surface area contributed by atoms with E-state index in [1.165, 1.54) is 0 Å². The summed E-state index contributed by atoms with van der Waals surface area (Å²) in [4.78, 5) is 16.6. The van der Waals surface area contributed by atoms with Crippen molar-refractivity contribution in [1.29, 1.82) is 0 Å². The van der Waals surface area contributed by atoms with Crippen LogP contribution in [0.1, 0.15) is 10.4 Å². The molecule has 3 rings (SSSR count). The van der Waals surface area contributed by atoms with Crippen molar-refractivity contribution in [3.8, 4) is 11.4 Å². The van der Waals surface area contributed by atoms with Gasteiger partial charge in [-0.1, -0.05) is 36.0 Å². The van der Waals surface area contributed by atoms with Crippen LogP contribution < -0.4 is 10.1 Å². The van der Waals surface area contributed by atoms with E-state index in [1.807, 2.05) is 65.6 Å². The lowest BCUT2D eigenvalue weighted by molar-refractivity contribution is 0.0947. The lowest BCUT2D eigenvalue weighted by atomic mass is 10.2. The lowest BCUT2D eigenvalue weighted by Crippen LogP contribution is -2.28. The van der Waals surface area contributed by atoms with Crippen LogP contribution in [0.25, 0.3) is 5.69 Å². The molecule has 0 saturated carbocycles. The molecule has 0 aliphatic heterocycles. The van der Waals surface area contributed by atoms with Gasteiger partial charge in [-0.2, -0.15) is 0 Å². The van der Waals surface area contributed by atoms with Crippen molar-refractivity contribution in [2.45, 2.75) is 5.16 Å². The second-order valence-electron chi connectivity index (χ2n) is 5.25. The summed E-state index contributed by atoms with van der Waals surface area (Å²) in [5.74, 6) is 0.674. The smallest absolute Gasteiger partial charge is 0.251 e. The molecule has 1 amide bonds. The summed E-state index contributed by atoms with van der Waals surface area (Å²) in [6.07, 6.45) is 5.61. The third kappa shape index (κ3) is 4.42. The number of hydrogen-bond donors (Lipinski definition) is 1. The minimum atomic E-state index is -0.121. The van der Waals surface area contributed by atoms with Gasteiger partial charge >= 0.3 is 0 Å². The number of amides is 1. The number of benzene rings is 2. The first-order valence-corrected chi connectivity index (χ1v) is 9.14. The number of carbonyl (C=O) groups excluding carboxylic acids is 1. The third-order valence-electron chi connectivity index (χ3n) is 3.58. The van der Waals surface area contributed by atoms with Crippen molar-refractivity contribution in [2.24, 2.45) is 0 Å². The number of para-hydroxylation sites is 1. The normalized spacial score (nSPS) is 10.4. The minimum Gasteiger partial charge on any atom is -0.492 e. The highest BCUT2D eigenvalue weighted by molar-refractivity contribution is 7.98. The molecule has 0 saturated heterocycles. The van der Waals surface area contributed by atoms with Crippen LogP contribution in [-0.4, -0.2) is 34.9 Å². The van der Waals surface area contributed by atoms with E-state index < -0.39 is 0 Å². The summed E-state index contributed by atoms with van der Waals surface area (Å²) in [6.45, 7) is 0.868. The Bertz CT molecular complexity index is 833. The van der Waals surface area contributed by atoms with Crippen LogP contribution in [0, 0.1) is 0 Å². The van der Waals surface area contributed by atoms with Gasteiger partial charge in [-0.3, -0.25) is 9.36 Å². The van der Waals surface area contributed by atoms with Gasteiger partial charge < -0.3 is 10.1 Å². The van der Waals surface area contributed by atoms with E-state index in [0.717, 1.165) is 16.6 Å². The summed E-state index contributed by atoms with van der Waals surface area (Å²) >= 11 is 1.56. The Balaban J connectivity index is 1.58. The maximum absolute atomic E-state index is 12.3. The Labute approximate surface area is 151 Å². The number of nitrogens with zero attached hydrogens (tertiary/aromatic N) is 2. The summed E-state index contributed by atoms with van der Waals surface area (Å²) in [5, 5.41) is 3.76. The molecule has 0 radical (unpaired) electrons. The molecule has 0 aliphatic carbocycles. The Morgan fingerprint density at radius 1 is 1.20 bits per heavy atom. The zero-order chi connectivity index (χ0) is 17.5. The van der Waals surface area contributed by atoms with Crippen LogP contribution >= 0.6 is 11.8 Å². The number of carbonyl (C=O) groups is 1. The Kier molecular flexibility index (Phi) is 5.74. The van der Waals surface area contributed by atoms with Gasteiger partial charge in [0.05, 0.1) is 6.54 Å². The molecule has 0 unspecified atom stereocenters. The maximum atomic E-state index is 12.3. The van der Waals surface area contributed by atoms with Crippen molar-refractivity contribution < 1.29 is 9.53 Å². The van der Waals surface area contributed by atoms with Gasteiger partial charge in [-0.05, 0) is 36.6 Å². The van der Waals surface area contributed by atoms with Gasteiger partial charge in [0.1, 0.15) is 12.4 Å². The molecule has 5 nitrogen and oxygen atoms in total. The van der Waals surface area contributed by atoms with Crippen molar-refractivity contribution in [2.75, 3.05) is 19.4 Å². The van der Waals surface area contributed by atoms with Crippen LogP contribution in [0.4, 0.5) is 0 Å². The third-order valence-corrected chi connectivity index (χ3v) is 4.24. The molecule has 1 heterocycles. The van der Waals surface area contributed by atoms with Crippen molar-refractivity contribution in [3.63, 3.8) is 0 Å². The minimum absolute atomic E-state index is 0.121. The van der Waals surface area contributed by atoms with Crippen LogP contribution in [0.5, 0.6) is 5.75 Å². The molecule has 128 valence electrons. The molecule has 0 aliphatic rings. The first-order chi connectivity index (χ1) is 12.3. The molecule has 6 heteroatoms. The van der Waals surface area contributed by atoms with Gasteiger partial charge in [0.2, 0.25) is 0 Å². The van der Waals surface area contributed by atoms with E-state index in [2.05, 4.69) is 10.3 Å². The fourth-order valence-electron chi connectivity index (χ4n) is 2.39. The highest BCUT2D eigenvalue weighted by Crippen LogP contribution is 2.18. The second-order valence-corrected chi connectivity index (χ2v) is 6.03. The van der Waals surface area contributed by atoms with Crippen LogP contribution in [0.15, 0.2) is 72.1 Å². The Hall–Kier alpha value is -2.73. The van der Waals surface area contributed by atoms with Crippen LogP contribution in [0.3, 0.4) is 0 Å². The standard InChI is InChI=1S/C19H19N3O2S/c1-25-19-21-10-12-22(19)16-7-5-6-15(14-16)18(23)20-11-13-24-17-8-3-2-4-9-17/h2-10,12,14H,11,13H2,1H3,(H,20,23). The highest BCUT2D eigenvalue weighted by atomic mass is 32.2. The number of nitrogens with one attached hydrogen (secondary N) is 1. The zero-order valence-corrected chi connectivity index (χ0v) is 14.7. The lowest BCUT2D eigenvalue weighted by Gasteiger charge is -2.10. The molecular weight excluding hydrogens is 334 g/mol. The zero-order valence-electron chi connectivity index (χ0n) is 13.9. The molecule has 0 spiro atoms. The van der Waals surface area contributed by atoms with Crippen LogP contribution in [0.2, 0.25) is 0 Å². The van der Waals surface area contributed by atoms with Gasteiger partial charge in [-0.15, -0.1) is 0 Å². The van der Waals surface area contributed by atoms with Gasteiger partial charge in [0, 0.05) is 23.6 Å². The number of thioether (sulfide) groups is 1. The van der Waals surface area contributed by atoms with E-state index in [-0.39, 0.29) is 5.91 Å². The van der Waals surface area contributed by atoms with Crippen molar-refractivity contribution in [3.05, 3.63) is 72.6 Å². The monoisotopic (exact) mass is 353 g/mol. The molecule has 2 aromatic carbocycles. The number of hydrogen-bond acceptors (Lipinski definition) is 4. The topological polar surface area (TPSA) is 56.2 Å². The summed E-state index contributed by atoms with van der Waals surface area (Å²) in [7, 11) is 0. The largest absolute Gasteiger partial charge is 0.492 e. The maximum Gasteiger partial charge on any atom is 0.251 e. The second kappa shape index (κ2) is 8.39. The first-order valence-electron chi connectivity index (χ1n) is 7.92. The van der Waals surface area contributed by atoms with Crippen LogP contribution in [-0.2, 0) is 0 Å². The molecule has 1 N–H and O–H groups in total. The SMILES string of the molecule is CSc1nccn1-c1cccc(C(=O)NCCOc2ccccc2)c1. The quantitative estimate of drug-likeness (QED) is 0.522. The van der Waals surface area contributed by atoms with E-state index in [4.69, 9.17) is 4.74 Å². The molecule has 0 atom stereocenters. The molecule has 1 aromatic heterocycles. The number of aromatic nitrogens is 2. The summed E-state index contributed by atoms with van der Waals surface area (Å²) in [6, 6.07) is 17.0. The molecule has 25 heavy (non-hydrogen) atoms. The number of rotatable bonds is 7. The van der Waals surface area contributed by atoms with Crippen molar-refractivity contribution in [1.82, 2.24) is 14.9 Å². The van der Waals surface area contributed by atoms with Crippen molar-refractivity contribution >= 4 is 17.7 Å². The average Bonchev–Trinajstić information content (AvgIpc) is 3.15. The fraction of sp³-hybridized carbons (Fsp3) is 0.158. The first kappa shape index (κ1) is 17.1. The fourth-order valence-corrected chi connectivity index (χ4v) is 2.92. The molecule has 0 fully saturated rings. The summed E-state index contributed by atoms with van der Waals surface area (Å²) in [5.41, 5.74) is 1.52. The summed E-state index contributed by atoms with van der Waals surface area (Å²) < 4.78 is 7.53. The molecule has 3 aromatic rings. The van der Waals surface area contributed by atoms with Gasteiger partial charge in [0.25, 0.3) is 5.91 Å². The predicted molar refractivity (Wildman–Crippen MR) is 99.6 cm³/mol. The number of ether oxygens (including phenoxy) is 1. The van der Waals surface area contributed by atoms with E-state index in [0.29, 0.717) is 18.7 Å². The van der Waals surface area contributed by atoms with Gasteiger partial charge in [0.15, 0.2) is 5.16 Å². The van der Waals surface area contributed by atoms with E-state index in [9.17, 15) is 4.79 Å². The Morgan fingerprint density at radius 2 is 2.04 bits per heavy atom. The van der Waals surface area contributed by atoms with E-state index >= 15 is 0 Å². The van der Waals surface area contributed by atoms with E-state index in [1.54, 1.807) is 24.0 Å². The highest BCUT2D eigenvalue weighted by Gasteiger charge is 2.09. The predicted octanol–water partition coefficient (Wildman–Crippen LogP) is 3.40. The Morgan fingerprint density at radius 3 is 2.84 bits per heavy atom. The molecule has 0 bridgehead atoms.